The van der Waals surface area contributed by atoms with Crippen molar-refractivity contribution < 1.29 is 27.5 Å². The molecule has 192 valence electrons. The van der Waals surface area contributed by atoms with Crippen LogP contribution in [0, 0.1) is 11.8 Å². The number of piperidine rings is 2. The molecule has 0 bridgehead atoms. The number of hydrogen-bond donors (Lipinski definition) is 0. The Morgan fingerprint density at radius 3 is 2.43 bits per heavy atom. The molecule has 4 saturated heterocycles. The molecule has 4 aliphatic rings. The molecule has 5 rings (SSSR count). The van der Waals surface area contributed by atoms with Crippen LogP contribution in [0.2, 0.25) is 0 Å². The lowest BCUT2D eigenvalue weighted by molar-refractivity contribution is -0.140. The highest BCUT2D eigenvalue weighted by Crippen LogP contribution is 2.36. The monoisotopic (exact) mass is 493 g/mol. The van der Waals surface area contributed by atoms with Gasteiger partial charge in [-0.25, -0.2) is 4.79 Å². The highest BCUT2D eigenvalue weighted by molar-refractivity contribution is 5.81. The van der Waals surface area contributed by atoms with Crippen molar-refractivity contribution in [3.8, 4) is 0 Å². The van der Waals surface area contributed by atoms with Gasteiger partial charge in [0.15, 0.2) is 5.78 Å². The van der Waals surface area contributed by atoms with E-state index in [-0.39, 0.29) is 30.4 Å². The number of Topliss-reactive ketones (excluding diaryl/α,β-unsaturated/α-hetero) is 1. The number of carbonyl (C=O) groups excluding carboxylic acids is 2. The Balaban J connectivity index is 1.19. The van der Waals surface area contributed by atoms with Crippen LogP contribution in [0.4, 0.5) is 23.7 Å². The Kier molecular flexibility index (Phi) is 6.97. The van der Waals surface area contributed by atoms with Crippen molar-refractivity contribution in [1.29, 1.82) is 0 Å². The summed E-state index contributed by atoms with van der Waals surface area (Å²) in [6.07, 6.45) is 1.43. The van der Waals surface area contributed by atoms with Gasteiger partial charge in [0.25, 0.3) is 0 Å². The molecule has 1 aromatic carbocycles. The molecule has 2 atom stereocenters. The zero-order valence-electron chi connectivity index (χ0n) is 20.1. The minimum atomic E-state index is -4.34. The minimum absolute atomic E-state index is 0.0345. The summed E-state index contributed by atoms with van der Waals surface area (Å²) in [4.78, 5) is 30.8. The van der Waals surface area contributed by atoms with E-state index in [0.29, 0.717) is 38.5 Å². The maximum Gasteiger partial charge on any atom is 0.416 e. The van der Waals surface area contributed by atoms with Gasteiger partial charge >= 0.3 is 12.2 Å². The summed E-state index contributed by atoms with van der Waals surface area (Å²) >= 11 is 0. The number of ether oxygens (including phenoxy) is 1. The van der Waals surface area contributed by atoms with E-state index in [0.717, 1.165) is 62.9 Å². The highest BCUT2D eigenvalue weighted by atomic mass is 19.4. The number of rotatable bonds is 3. The van der Waals surface area contributed by atoms with E-state index in [1.54, 1.807) is 6.07 Å². The standard InChI is InChI=1S/C26H34F3N3O3/c27-26(28,29)21-4-3-19(23(15-21)30-8-1-2-9-30)13-18-5-10-31(11-6-18)25(34)32-12-7-24-20(16-32)14-22(33)17-35-24/h3-4,15,18,20,24H,1-2,5-14,16-17H2/t20-,24+/m1/s1. The number of amides is 2. The third-order valence-electron chi connectivity index (χ3n) is 8.14. The van der Waals surface area contributed by atoms with Crippen molar-refractivity contribution in [2.75, 3.05) is 50.8 Å². The molecule has 1 aromatic rings. The lowest BCUT2D eigenvalue weighted by Crippen LogP contribution is -2.54. The van der Waals surface area contributed by atoms with Crippen molar-refractivity contribution in [2.45, 2.75) is 57.2 Å². The first-order valence-corrected chi connectivity index (χ1v) is 12.9. The molecule has 0 unspecified atom stereocenters. The van der Waals surface area contributed by atoms with Crippen LogP contribution in [-0.4, -0.2) is 73.6 Å². The van der Waals surface area contributed by atoms with Crippen LogP contribution in [0.15, 0.2) is 18.2 Å². The lowest BCUT2D eigenvalue weighted by Gasteiger charge is -2.43. The minimum Gasteiger partial charge on any atom is -0.371 e. The van der Waals surface area contributed by atoms with Gasteiger partial charge < -0.3 is 19.4 Å². The van der Waals surface area contributed by atoms with Crippen molar-refractivity contribution >= 4 is 17.5 Å². The van der Waals surface area contributed by atoms with E-state index < -0.39 is 11.7 Å². The molecule has 0 saturated carbocycles. The summed E-state index contributed by atoms with van der Waals surface area (Å²) in [5.41, 5.74) is 1.12. The molecule has 2 amide bonds. The smallest absolute Gasteiger partial charge is 0.371 e. The number of fused-ring (bicyclic) bond motifs is 1. The Labute approximate surface area is 204 Å². The molecule has 0 N–H and O–H groups in total. The Morgan fingerprint density at radius 1 is 1.00 bits per heavy atom. The highest BCUT2D eigenvalue weighted by Gasteiger charge is 2.38. The van der Waals surface area contributed by atoms with Crippen LogP contribution in [-0.2, 0) is 22.1 Å². The second-order valence-electron chi connectivity index (χ2n) is 10.5. The van der Waals surface area contributed by atoms with Crippen LogP contribution in [0.1, 0.15) is 49.7 Å². The fourth-order valence-electron chi connectivity index (χ4n) is 6.16. The van der Waals surface area contributed by atoms with E-state index in [2.05, 4.69) is 4.90 Å². The number of likely N-dealkylation sites (tertiary alicyclic amines) is 2. The van der Waals surface area contributed by atoms with E-state index in [1.807, 2.05) is 9.80 Å². The summed E-state index contributed by atoms with van der Waals surface area (Å²) in [5.74, 6) is 0.542. The zero-order chi connectivity index (χ0) is 24.6. The predicted octanol–water partition coefficient (Wildman–Crippen LogP) is 4.36. The number of urea groups is 1. The van der Waals surface area contributed by atoms with Gasteiger partial charge in [-0.15, -0.1) is 0 Å². The number of alkyl halides is 3. The van der Waals surface area contributed by atoms with Crippen molar-refractivity contribution in [3.63, 3.8) is 0 Å². The Hall–Kier alpha value is -2.29. The van der Waals surface area contributed by atoms with Gasteiger partial charge in [0.05, 0.1) is 11.7 Å². The number of anilines is 1. The van der Waals surface area contributed by atoms with Crippen LogP contribution in [0.5, 0.6) is 0 Å². The van der Waals surface area contributed by atoms with Gasteiger partial charge in [0, 0.05) is 57.3 Å². The predicted molar refractivity (Wildman–Crippen MR) is 125 cm³/mol. The number of halogens is 3. The Bertz CT molecular complexity index is 940. The maximum atomic E-state index is 13.3. The van der Waals surface area contributed by atoms with Gasteiger partial charge in [-0.3, -0.25) is 4.79 Å². The molecular formula is C26H34F3N3O3. The molecule has 4 heterocycles. The molecule has 0 aromatic heterocycles. The number of benzene rings is 1. The van der Waals surface area contributed by atoms with Crippen LogP contribution in [0.3, 0.4) is 0 Å². The summed E-state index contributed by atoms with van der Waals surface area (Å²) < 4.78 is 45.7. The number of hydrogen-bond acceptors (Lipinski definition) is 4. The summed E-state index contributed by atoms with van der Waals surface area (Å²) in [6, 6.07) is 4.22. The van der Waals surface area contributed by atoms with Crippen molar-refractivity contribution in [2.24, 2.45) is 11.8 Å². The van der Waals surface area contributed by atoms with Crippen LogP contribution < -0.4 is 4.90 Å². The van der Waals surface area contributed by atoms with Gasteiger partial charge in [-0.1, -0.05) is 6.07 Å². The van der Waals surface area contributed by atoms with E-state index >= 15 is 0 Å². The SMILES string of the molecule is O=C1CO[C@H]2CCN(C(=O)N3CCC(Cc4ccc(C(F)(F)F)cc4N4CCCC4)CC3)C[C@H]2C1. The quantitative estimate of drug-likeness (QED) is 0.628. The molecule has 0 radical (unpaired) electrons. The van der Waals surface area contributed by atoms with Crippen LogP contribution in [0.25, 0.3) is 0 Å². The van der Waals surface area contributed by atoms with Crippen molar-refractivity contribution in [3.05, 3.63) is 29.3 Å². The number of carbonyl (C=O) groups is 2. The average molecular weight is 494 g/mol. The molecule has 6 nitrogen and oxygen atoms in total. The number of nitrogens with zero attached hydrogens (tertiary/aromatic N) is 3. The first-order chi connectivity index (χ1) is 16.8. The fraction of sp³-hybridized carbons (Fsp3) is 0.692. The third-order valence-corrected chi connectivity index (χ3v) is 8.14. The molecular weight excluding hydrogens is 459 g/mol. The molecule has 0 spiro atoms. The van der Waals surface area contributed by atoms with Gasteiger partial charge in [-0.2, -0.15) is 13.2 Å². The van der Waals surface area contributed by atoms with Crippen molar-refractivity contribution in [1.82, 2.24) is 9.80 Å². The summed E-state index contributed by atoms with van der Waals surface area (Å²) in [5, 5.41) is 0. The van der Waals surface area contributed by atoms with E-state index in [1.165, 1.54) is 12.1 Å². The summed E-state index contributed by atoms with van der Waals surface area (Å²) in [6.45, 7) is 4.33. The molecule has 4 fully saturated rings. The van der Waals surface area contributed by atoms with Crippen LogP contribution >= 0.6 is 0 Å². The second-order valence-corrected chi connectivity index (χ2v) is 10.5. The number of ketones is 1. The third kappa shape index (κ3) is 5.44. The summed E-state index contributed by atoms with van der Waals surface area (Å²) in [7, 11) is 0. The molecule has 4 aliphatic heterocycles. The van der Waals surface area contributed by atoms with Gasteiger partial charge in [0.2, 0.25) is 0 Å². The molecule has 35 heavy (non-hydrogen) atoms. The molecule has 0 aliphatic carbocycles. The maximum absolute atomic E-state index is 13.3. The van der Waals surface area contributed by atoms with E-state index in [4.69, 9.17) is 4.74 Å². The van der Waals surface area contributed by atoms with Gasteiger partial charge in [-0.05, 0) is 62.1 Å². The first-order valence-electron chi connectivity index (χ1n) is 12.9. The zero-order valence-corrected chi connectivity index (χ0v) is 20.1. The first kappa shape index (κ1) is 24.4. The topological polar surface area (TPSA) is 53.1 Å². The van der Waals surface area contributed by atoms with Gasteiger partial charge in [0.1, 0.15) is 6.61 Å². The largest absolute Gasteiger partial charge is 0.416 e. The Morgan fingerprint density at radius 2 is 1.71 bits per heavy atom. The average Bonchev–Trinajstić information content (AvgIpc) is 3.38. The second kappa shape index (κ2) is 9.99. The normalized spacial score (nSPS) is 26.3. The lowest BCUT2D eigenvalue weighted by atomic mass is 9.87. The fourth-order valence-corrected chi connectivity index (χ4v) is 6.16. The molecule has 9 heteroatoms. The van der Waals surface area contributed by atoms with E-state index in [9.17, 15) is 22.8 Å².